The minimum Gasteiger partial charge on any atom is -0.492 e. The number of benzene rings is 2. The fourth-order valence-corrected chi connectivity index (χ4v) is 2.66. The van der Waals surface area contributed by atoms with Gasteiger partial charge < -0.3 is 4.74 Å². The van der Waals surface area contributed by atoms with Crippen LogP contribution in [0.3, 0.4) is 0 Å². The summed E-state index contributed by atoms with van der Waals surface area (Å²) in [5, 5.41) is 0.693. The number of hydrogen-bond donors (Lipinski definition) is 0. The van der Waals surface area contributed by atoms with Gasteiger partial charge in [0.15, 0.2) is 5.78 Å². The first-order valence-electron chi connectivity index (χ1n) is 5.88. The van der Waals surface area contributed by atoms with Crippen LogP contribution in [0.1, 0.15) is 21.8 Å². The summed E-state index contributed by atoms with van der Waals surface area (Å²) in [6.45, 7) is 0.348. The van der Waals surface area contributed by atoms with E-state index in [1.165, 1.54) is 0 Å². The highest BCUT2D eigenvalue weighted by Crippen LogP contribution is 2.37. The fraction of sp³-hybridized carbons (Fsp3) is 0.133. The van der Waals surface area contributed by atoms with Gasteiger partial charge in [-0.05, 0) is 18.2 Å². The number of fused-ring (bicyclic) bond motifs is 1. The number of halogens is 2. The Labute approximate surface area is 120 Å². The van der Waals surface area contributed by atoms with Crippen molar-refractivity contribution in [3.63, 3.8) is 0 Å². The topological polar surface area (TPSA) is 26.3 Å². The summed E-state index contributed by atoms with van der Waals surface area (Å²) in [4.78, 5) is 12.6. The van der Waals surface area contributed by atoms with Crippen molar-refractivity contribution in [2.45, 2.75) is 5.92 Å². The maximum atomic E-state index is 12.6. The second-order valence-corrected chi connectivity index (χ2v) is 5.15. The zero-order chi connectivity index (χ0) is 13.4. The molecule has 0 amide bonds. The molecule has 0 aromatic heterocycles. The number of para-hydroxylation sites is 1. The summed E-state index contributed by atoms with van der Waals surface area (Å²) in [6, 6.07) is 12.6. The maximum absolute atomic E-state index is 12.6. The third-order valence-electron chi connectivity index (χ3n) is 3.23. The third-order valence-corrected chi connectivity index (χ3v) is 4.05. The molecule has 3 rings (SSSR count). The predicted molar refractivity (Wildman–Crippen MR) is 75.5 cm³/mol. The number of carbonyl (C=O) groups is 1. The average Bonchev–Trinajstić information content (AvgIpc) is 2.85. The molecule has 1 aliphatic heterocycles. The highest BCUT2D eigenvalue weighted by molar-refractivity contribution is 6.44. The Morgan fingerprint density at radius 2 is 1.89 bits per heavy atom. The smallest absolute Gasteiger partial charge is 0.175 e. The zero-order valence-corrected chi connectivity index (χ0v) is 11.4. The van der Waals surface area contributed by atoms with Gasteiger partial charge in [0.05, 0.1) is 16.0 Å². The quantitative estimate of drug-likeness (QED) is 0.769. The van der Waals surface area contributed by atoms with E-state index in [4.69, 9.17) is 27.9 Å². The van der Waals surface area contributed by atoms with Crippen LogP contribution in [0.4, 0.5) is 0 Å². The number of hydrogen-bond acceptors (Lipinski definition) is 2. The Kier molecular flexibility index (Phi) is 3.21. The molecule has 0 fully saturated rings. The van der Waals surface area contributed by atoms with E-state index in [0.29, 0.717) is 22.2 Å². The summed E-state index contributed by atoms with van der Waals surface area (Å²) in [7, 11) is 0. The van der Waals surface area contributed by atoms with Gasteiger partial charge in [0.1, 0.15) is 12.4 Å². The minimum absolute atomic E-state index is 0.0579. The summed E-state index contributed by atoms with van der Waals surface area (Å²) in [6.07, 6.45) is 0. The van der Waals surface area contributed by atoms with E-state index in [0.717, 1.165) is 11.3 Å². The molecule has 19 heavy (non-hydrogen) atoms. The molecule has 2 aromatic rings. The lowest BCUT2D eigenvalue weighted by atomic mass is 9.92. The van der Waals surface area contributed by atoms with Crippen molar-refractivity contribution in [2.24, 2.45) is 0 Å². The van der Waals surface area contributed by atoms with E-state index in [1.807, 2.05) is 24.3 Å². The van der Waals surface area contributed by atoms with Gasteiger partial charge in [-0.2, -0.15) is 0 Å². The zero-order valence-electron chi connectivity index (χ0n) is 9.90. The molecule has 0 saturated heterocycles. The van der Waals surface area contributed by atoms with Crippen molar-refractivity contribution in [3.8, 4) is 5.75 Å². The van der Waals surface area contributed by atoms with Crippen LogP contribution in [-0.2, 0) is 0 Å². The number of carbonyl (C=O) groups excluding carboxylic acids is 1. The van der Waals surface area contributed by atoms with Crippen molar-refractivity contribution in [2.75, 3.05) is 6.61 Å². The molecule has 2 nitrogen and oxygen atoms in total. The molecule has 0 N–H and O–H groups in total. The van der Waals surface area contributed by atoms with Gasteiger partial charge in [0.25, 0.3) is 0 Å². The van der Waals surface area contributed by atoms with Crippen LogP contribution in [0.2, 0.25) is 10.0 Å². The van der Waals surface area contributed by atoms with Crippen molar-refractivity contribution < 1.29 is 9.53 Å². The van der Waals surface area contributed by atoms with Gasteiger partial charge in [-0.25, -0.2) is 0 Å². The highest BCUT2D eigenvalue weighted by Gasteiger charge is 2.31. The van der Waals surface area contributed by atoms with Crippen molar-refractivity contribution in [3.05, 3.63) is 63.6 Å². The molecule has 4 heteroatoms. The Morgan fingerprint density at radius 1 is 1.11 bits per heavy atom. The molecule has 0 aliphatic carbocycles. The summed E-state index contributed by atoms with van der Waals surface area (Å²) < 4.78 is 5.53. The SMILES string of the molecule is O=C(c1cccc(Cl)c1Cl)C1COc2ccccc21. The monoisotopic (exact) mass is 292 g/mol. The van der Waals surface area contributed by atoms with E-state index < -0.39 is 0 Å². The van der Waals surface area contributed by atoms with Crippen LogP contribution in [-0.4, -0.2) is 12.4 Å². The summed E-state index contributed by atoms with van der Waals surface area (Å²) in [5.41, 5.74) is 1.35. The average molecular weight is 293 g/mol. The molecule has 0 bridgehead atoms. The van der Waals surface area contributed by atoms with Gasteiger partial charge in [0.2, 0.25) is 0 Å². The Balaban J connectivity index is 2.00. The lowest BCUT2D eigenvalue weighted by molar-refractivity contribution is 0.0947. The van der Waals surface area contributed by atoms with Crippen LogP contribution in [0, 0.1) is 0 Å². The molecule has 1 heterocycles. The normalized spacial score (nSPS) is 16.8. The Bertz CT molecular complexity index is 652. The highest BCUT2D eigenvalue weighted by atomic mass is 35.5. The van der Waals surface area contributed by atoms with Crippen LogP contribution < -0.4 is 4.74 Å². The summed E-state index contributed by atoms with van der Waals surface area (Å²) in [5.74, 6) is 0.392. The standard InChI is InChI=1S/C15H10Cl2O2/c16-12-6-3-5-10(14(12)17)15(18)11-8-19-13-7-2-1-4-9(11)13/h1-7,11H,8H2. The second-order valence-electron chi connectivity index (χ2n) is 4.37. The molecule has 0 saturated carbocycles. The predicted octanol–water partition coefficient (Wildman–Crippen LogP) is 4.35. The molecule has 0 radical (unpaired) electrons. The third kappa shape index (κ3) is 2.11. The lowest BCUT2D eigenvalue weighted by Crippen LogP contribution is -2.14. The van der Waals surface area contributed by atoms with Gasteiger partial charge in [-0.3, -0.25) is 4.79 Å². The van der Waals surface area contributed by atoms with Gasteiger partial charge in [0, 0.05) is 11.1 Å². The molecular formula is C15H10Cl2O2. The molecule has 1 atom stereocenters. The Hall–Kier alpha value is -1.51. The second kappa shape index (κ2) is 4.87. The van der Waals surface area contributed by atoms with Gasteiger partial charge >= 0.3 is 0 Å². The molecular weight excluding hydrogens is 283 g/mol. The first-order chi connectivity index (χ1) is 9.18. The van der Waals surface area contributed by atoms with Crippen molar-refractivity contribution >= 4 is 29.0 Å². The van der Waals surface area contributed by atoms with Crippen LogP contribution in [0.15, 0.2) is 42.5 Å². The number of rotatable bonds is 2. The first-order valence-corrected chi connectivity index (χ1v) is 6.64. The molecule has 1 aliphatic rings. The van der Waals surface area contributed by atoms with Crippen molar-refractivity contribution in [1.29, 1.82) is 0 Å². The minimum atomic E-state index is -0.313. The van der Waals surface area contributed by atoms with Crippen LogP contribution in [0.25, 0.3) is 0 Å². The van der Waals surface area contributed by atoms with Gasteiger partial charge in [-0.1, -0.05) is 47.5 Å². The van der Waals surface area contributed by atoms with Crippen LogP contribution in [0.5, 0.6) is 5.75 Å². The molecule has 96 valence electrons. The number of Topliss-reactive ketones (excluding diaryl/α,β-unsaturated/α-hetero) is 1. The molecule has 1 unspecified atom stereocenters. The fourth-order valence-electron chi connectivity index (χ4n) is 2.26. The maximum Gasteiger partial charge on any atom is 0.175 e. The van der Waals surface area contributed by atoms with Gasteiger partial charge in [-0.15, -0.1) is 0 Å². The molecule has 0 spiro atoms. The van der Waals surface area contributed by atoms with E-state index in [9.17, 15) is 4.79 Å². The lowest BCUT2D eigenvalue weighted by Gasteiger charge is -2.10. The largest absolute Gasteiger partial charge is 0.492 e. The first kappa shape index (κ1) is 12.5. The number of ketones is 1. The Morgan fingerprint density at radius 3 is 2.74 bits per heavy atom. The number of ether oxygens (including phenoxy) is 1. The summed E-state index contributed by atoms with van der Waals surface area (Å²) >= 11 is 12.0. The molecule has 2 aromatic carbocycles. The van der Waals surface area contributed by atoms with E-state index in [2.05, 4.69) is 0 Å². The van der Waals surface area contributed by atoms with E-state index >= 15 is 0 Å². The van der Waals surface area contributed by atoms with Crippen LogP contribution >= 0.6 is 23.2 Å². The van der Waals surface area contributed by atoms with E-state index in [-0.39, 0.29) is 11.7 Å². The van der Waals surface area contributed by atoms with Crippen molar-refractivity contribution in [1.82, 2.24) is 0 Å². The van der Waals surface area contributed by atoms with E-state index in [1.54, 1.807) is 18.2 Å².